The van der Waals surface area contributed by atoms with Gasteiger partial charge in [-0.05, 0) is 51.2 Å². The lowest BCUT2D eigenvalue weighted by Crippen LogP contribution is -2.30. The fourth-order valence-electron chi connectivity index (χ4n) is 3.17. The molecule has 0 atom stereocenters. The molecule has 1 aliphatic rings. The SMILES string of the molecule is CC(=Cc1ccco1)CNCc1cccnc1N1CCCN(C)CC1. The van der Waals surface area contributed by atoms with Crippen LogP contribution in [0.3, 0.4) is 0 Å². The van der Waals surface area contributed by atoms with Gasteiger partial charge >= 0.3 is 0 Å². The second kappa shape index (κ2) is 8.83. The van der Waals surface area contributed by atoms with Gasteiger partial charge in [-0.1, -0.05) is 11.6 Å². The Morgan fingerprint density at radius 2 is 2.16 bits per heavy atom. The molecule has 0 saturated carbocycles. The van der Waals surface area contributed by atoms with Gasteiger partial charge in [-0.3, -0.25) is 0 Å². The minimum absolute atomic E-state index is 0.818. The molecule has 1 fully saturated rings. The van der Waals surface area contributed by atoms with Gasteiger partial charge in [0, 0.05) is 44.5 Å². The van der Waals surface area contributed by atoms with Crippen molar-refractivity contribution in [3.8, 4) is 0 Å². The highest BCUT2D eigenvalue weighted by molar-refractivity contribution is 5.48. The Labute approximate surface area is 150 Å². The van der Waals surface area contributed by atoms with Crippen LogP contribution in [0.5, 0.6) is 0 Å². The number of aromatic nitrogens is 1. The van der Waals surface area contributed by atoms with Crippen molar-refractivity contribution in [1.29, 1.82) is 0 Å². The van der Waals surface area contributed by atoms with Crippen molar-refractivity contribution in [2.24, 2.45) is 0 Å². The molecule has 0 bridgehead atoms. The first-order valence-electron chi connectivity index (χ1n) is 9.01. The molecule has 0 aromatic carbocycles. The number of pyridine rings is 1. The third-order valence-corrected chi connectivity index (χ3v) is 4.54. The molecular weight excluding hydrogens is 312 g/mol. The van der Waals surface area contributed by atoms with Crippen molar-refractivity contribution in [2.45, 2.75) is 19.9 Å². The number of nitrogens with zero attached hydrogens (tertiary/aromatic N) is 3. The van der Waals surface area contributed by atoms with Gasteiger partial charge in [-0.2, -0.15) is 0 Å². The standard InChI is InChI=1S/C20H28N4O/c1-17(14-19-7-4-13-25-19)15-21-16-18-6-3-8-22-20(18)24-10-5-9-23(2)11-12-24/h3-4,6-8,13-14,21H,5,9-12,15-16H2,1-2H3. The van der Waals surface area contributed by atoms with E-state index in [1.54, 1.807) is 6.26 Å². The molecule has 25 heavy (non-hydrogen) atoms. The Morgan fingerprint density at radius 3 is 3.00 bits per heavy atom. The minimum atomic E-state index is 0.818. The number of anilines is 1. The highest BCUT2D eigenvalue weighted by Crippen LogP contribution is 2.19. The fraction of sp³-hybridized carbons (Fsp3) is 0.450. The van der Waals surface area contributed by atoms with Crippen LogP contribution in [0.2, 0.25) is 0 Å². The van der Waals surface area contributed by atoms with Crippen LogP contribution in [-0.2, 0) is 6.54 Å². The first-order valence-corrected chi connectivity index (χ1v) is 9.01. The van der Waals surface area contributed by atoms with E-state index in [-0.39, 0.29) is 0 Å². The number of likely N-dealkylation sites (N-methyl/N-ethyl adjacent to an activating group) is 1. The van der Waals surface area contributed by atoms with Crippen molar-refractivity contribution in [3.63, 3.8) is 0 Å². The second-order valence-electron chi connectivity index (χ2n) is 6.74. The van der Waals surface area contributed by atoms with Crippen molar-refractivity contribution >= 4 is 11.9 Å². The summed E-state index contributed by atoms with van der Waals surface area (Å²) in [4.78, 5) is 9.48. The summed E-state index contributed by atoms with van der Waals surface area (Å²) in [6.45, 7) is 8.13. The van der Waals surface area contributed by atoms with Crippen LogP contribution in [0.15, 0.2) is 46.7 Å². The Bertz CT molecular complexity index is 681. The van der Waals surface area contributed by atoms with Gasteiger partial charge in [-0.15, -0.1) is 0 Å². The zero-order chi connectivity index (χ0) is 17.5. The molecule has 3 rings (SSSR count). The molecule has 0 aliphatic carbocycles. The molecule has 0 unspecified atom stereocenters. The Morgan fingerprint density at radius 1 is 1.24 bits per heavy atom. The lowest BCUT2D eigenvalue weighted by Gasteiger charge is -2.24. The summed E-state index contributed by atoms with van der Waals surface area (Å²) < 4.78 is 5.36. The fourth-order valence-corrected chi connectivity index (χ4v) is 3.17. The zero-order valence-electron chi connectivity index (χ0n) is 15.2. The highest BCUT2D eigenvalue weighted by Gasteiger charge is 2.16. The van der Waals surface area contributed by atoms with E-state index in [1.165, 1.54) is 17.6 Å². The van der Waals surface area contributed by atoms with Crippen LogP contribution in [0.1, 0.15) is 24.7 Å². The first-order chi connectivity index (χ1) is 12.2. The topological polar surface area (TPSA) is 44.5 Å². The predicted octanol–water partition coefficient (Wildman–Crippen LogP) is 3.01. The molecule has 3 heterocycles. The summed E-state index contributed by atoms with van der Waals surface area (Å²) in [5, 5.41) is 3.53. The summed E-state index contributed by atoms with van der Waals surface area (Å²) in [5.41, 5.74) is 2.51. The Hall–Kier alpha value is -2.11. The van der Waals surface area contributed by atoms with Crippen molar-refractivity contribution in [3.05, 3.63) is 53.6 Å². The van der Waals surface area contributed by atoms with Crippen molar-refractivity contribution in [2.75, 3.05) is 44.7 Å². The van der Waals surface area contributed by atoms with Crippen LogP contribution in [0.4, 0.5) is 5.82 Å². The summed E-state index contributed by atoms with van der Waals surface area (Å²) in [6.07, 6.45) is 6.86. The number of rotatable bonds is 6. The average Bonchev–Trinajstić information content (AvgIpc) is 3.02. The number of hydrogen-bond donors (Lipinski definition) is 1. The third-order valence-electron chi connectivity index (χ3n) is 4.54. The molecule has 0 amide bonds. The molecule has 1 N–H and O–H groups in total. The summed E-state index contributed by atoms with van der Waals surface area (Å²) in [5.74, 6) is 2.02. The third kappa shape index (κ3) is 5.18. The maximum Gasteiger partial charge on any atom is 0.133 e. The van der Waals surface area contributed by atoms with Crippen LogP contribution in [-0.4, -0.2) is 49.7 Å². The normalized spacial score (nSPS) is 16.9. The van der Waals surface area contributed by atoms with E-state index in [1.807, 2.05) is 24.4 Å². The summed E-state index contributed by atoms with van der Waals surface area (Å²) in [6, 6.07) is 8.08. The van der Waals surface area contributed by atoms with Crippen LogP contribution >= 0.6 is 0 Å². The number of nitrogens with one attached hydrogen (secondary N) is 1. The van der Waals surface area contributed by atoms with Gasteiger partial charge < -0.3 is 19.5 Å². The summed E-state index contributed by atoms with van der Waals surface area (Å²) >= 11 is 0. The monoisotopic (exact) mass is 340 g/mol. The molecule has 5 nitrogen and oxygen atoms in total. The van der Waals surface area contributed by atoms with E-state index in [0.29, 0.717) is 0 Å². The molecule has 1 aliphatic heterocycles. The minimum Gasteiger partial charge on any atom is -0.465 e. The van der Waals surface area contributed by atoms with Gasteiger partial charge in [-0.25, -0.2) is 4.98 Å². The van der Waals surface area contributed by atoms with Gasteiger partial charge in [0.25, 0.3) is 0 Å². The molecular formula is C20H28N4O. The first kappa shape index (κ1) is 17.7. The van der Waals surface area contributed by atoms with E-state index in [0.717, 1.165) is 50.8 Å². The van der Waals surface area contributed by atoms with Crippen LogP contribution in [0, 0.1) is 0 Å². The second-order valence-corrected chi connectivity index (χ2v) is 6.74. The molecule has 134 valence electrons. The number of hydrogen-bond acceptors (Lipinski definition) is 5. The summed E-state index contributed by atoms with van der Waals surface area (Å²) in [7, 11) is 2.19. The predicted molar refractivity (Wildman–Crippen MR) is 103 cm³/mol. The molecule has 2 aromatic heterocycles. The number of furan rings is 1. The maximum atomic E-state index is 5.36. The van der Waals surface area contributed by atoms with Gasteiger partial charge in [0.2, 0.25) is 0 Å². The Balaban J connectivity index is 1.59. The lowest BCUT2D eigenvalue weighted by molar-refractivity contribution is 0.360. The quantitative estimate of drug-likeness (QED) is 0.876. The zero-order valence-corrected chi connectivity index (χ0v) is 15.2. The van der Waals surface area contributed by atoms with Gasteiger partial charge in [0.1, 0.15) is 11.6 Å². The van der Waals surface area contributed by atoms with E-state index in [2.05, 4.69) is 46.2 Å². The molecule has 5 heteroatoms. The van der Waals surface area contributed by atoms with E-state index < -0.39 is 0 Å². The average molecular weight is 340 g/mol. The van der Waals surface area contributed by atoms with Crippen LogP contribution in [0.25, 0.3) is 6.08 Å². The van der Waals surface area contributed by atoms with Crippen molar-refractivity contribution in [1.82, 2.24) is 15.2 Å². The smallest absolute Gasteiger partial charge is 0.133 e. The Kier molecular flexibility index (Phi) is 6.25. The largest absolute Gasteiger partial charge is 0.465 e. The van der Waals surface area contributed by atoms with E-state index in [9.17, 15) is 0 Å². The van der Waals surface area contributed by atoms with E-state index >= 15 is 0 Å². The molecule has 0 spiro atoms. The maximum absolute atomic E-state index is 5.36. The highest BCUT2D eigenvalue weighted by atomic mass is 16.3. The van der Waals surface area contributed by atoms with Gasteiger partial charge in [0.15, 0.2) is 0 Å². The lowest BCUT2D eigenvalue weighted by atomic mass is 10.2. The van der Waals surface area contributed by atoms with Gasteiger partial charge in [0.05, 0.1) is 6.26 Å². The molecule has 0 radical (unpaired) electrons. The molecule has 1 saturated heterocycles. The molecule has 2 aromatic rings. The van der Waals surface area contributed by atoms with E-state index in [4.69, 9.17) is 4.42 Å². The van der Waals surface area contributed by atoms with Crippen molar-refractivity contribution < 1.29 is 4.42 Å². The van der Waals surface area contributed by atoms with Crippen LogP contribution < -0.4 is 10.2 Å².